The first-order valence-electron chi connectivity index (χ1n) is 12.7. The van der Waals surface area contributed by atoms with E-state index in [2.05, 4.69) is 25.6 Å². The molecule has 3 N–H and O–H groups in total. The molecule has 12 heteroatoms. The summed E-state index contributed by atoms with van der Waals surface area (Å²) in [6.45, 7) is 2.64. The molecule has 2 aromatic carbocycles. The summed E-state index contributed by atoms with van der Waals surface area (Å²) in [5, 5.41) is 15.4. The van der Waals surface area contributed by atoms with Crippen molar-refractivity contribution in [1.82, 2.24) is 15.0 Å². The Labute approximate surface area is 224 Å². The zero-order valence-electron chi connectivity index (χ0n) is 21.7. The van der Waals surface area contributed by atoms with E-state index in [9.17, 15) is 23.1 Å². The minimum atomic E-state index is -4.41. The number of alkyl halides is 3. The van der Waals surface area contributed by atoms with Gasteiger partial charge < -0.3 is 25.4 Å². The third-order valence-corrected chi connectivity index (χ3v) is 6.29. The first-order chi connectivity index (χ1) is 18.6. The number of rotatable bonds is 13. The first kappa shape index (κ1) is 27.9. The fourth-order valence-electron chi connectivity index (χ4n) is 3.75. The SMILES string of the molecule is CCC(Cc1ccc(OCCN(C)c2nc(Nc3ccc(C(F)(F)F)cc3)nc(NC3CC3)n2)cc1)C(=O)O. The molecule has 1 heterocycles. The molecule has 0 saturated heterocycles. The number of hydrogen-bond acceptors (Lipinski definition) is 8. The fourth-order valence-corrected chi connectivity index (χ4v) is 3.75. The van der Waals surface area contributed by atoms with Gasteiger partial charge >= 0.3 is 12.1 Å². The van der Waals surface area contributed by atoms with Crippen LogP contribution in [0.15, 0.2) is 48.5 Å². The van der Waals surface area contributed by atoms with Crippen LogP contribution in [-0.4, -0.2) is 52.3 Å². The minimum absolute atomic E-state index is 0.206. The number of benzene rings is 2. The van der Waals surface area contributed by atoms with Crippen LogP contribution >= 0.6 is 0 Å². The van der Waals surface area contributed by atoms with E-state index >= 15 is 0 Å². The van der Waals surface area contributed by atoms with E-state index in [1.807, 2.05) is 31.2 Å². The van der Waals surface area contributed by atoms with E-state index in [0.29, 0.717) is 55.4 Å². The summed E-state index contributed by atoms with van der Waals surface area (Å²) in [4.78, 5) is 26.4. The molecule has 1 aliphatic carbocycles. The summed E-state index contributed by atoms with van der Waals surface area (Å²) >= 11 is 0. The van der Waals surface area contributed by atoms with Crippen molar-refractivity contribution < 1.29 is 27.8 Å². The number of anilines is 4. The van der Waals surface area contributed by atoms with Crippen LogP contribution in [0.25, 0.3) is 0 Å². The number of carbonyl (C=O) groups is 1. The highest BCUT2D eigenvalue weighted by atomic mass is 19.4. The van der Waals surface area contributed by atoms with Gasteiger partial charge in [-0.2, -0.15) is 28.1 Å². The minimum Gasteiger partial charge on any atom is -0.492 e. The van der Waals surface area contributed by atoms with Crippen molar-refractivity contribution in [1.29, 1.82) is 0 Å². The zero-order chi connectivity index (χ0) is 28.0. The molecule has 1 saturated carbocycles. The average molecular weight is 545 g/mol. The van der Waals surface area contributed by atoms with Gasteiger partial charge in [0.1, 0.15) is 12.4 Å². The number of hydrogen-bond donors (Lipinski definition) is 3. The lowest BCUT2D eigenvalue weighted by Gasteiger charge is -2.19. The molecule has 4 rings (SSSR count). The number of carboxylic acid groups (broad SMARTS) is 1. The quantitative estimate of drug-likeness (QED) is 0.261. The maximum Gasteiger partial charge on any atom is 0.416 e. The molecule has 39 heavy (non-hydrogen) atoms. The molecule has 208 valence electrons. The van der Waals surface area contributed by atoms with Crippen LogP contribution in [0.1, 0.15) is 37.3 Å². The number of halogens is 3. The highest BCUT2D eigenvalue weighted by Gasteiger charge is 2.30. The van der Waals surface area contributed by atoms with Crippen molar-refractivity contribution in [2.24, 2.45) is 5.92 Å². The average Bonchev–Trinajstić information content (AvgIpc) is 3.71. The van der Waals surface area contributed by atoms with E-state index in [4.69, 9.17) is 4.74 Å². The van der Waals surface area contributed by atoms with Gasteiger partial charge in [0.25, 0.3) is 0 Å². The molecule has 0 radical (unpaired) electrons. The summed E-state index contributed by atoms with van der Waals surface area (Å²) < 4.78 is 44.5. The molecule has 0 aliphatic heterocycles. The molecule has 1 atom stereocenters. The molecular weight excluding hydrogens is 513 g/mol. The maximum atomic E-state index is 12.9. The Hall–Kier alpha value is -4.09. The monoisotopic (exact) mass is 544 g/mol. The van der Waals surface area contributed by atoms with Crippen molar-refractivity contribution >= 4 is 29.5 Å². The van der Waals surface area contributed by atoms with E-state index in [-0.39, 0.29) is 5.95 Å². The number of aliphatic carboxylic acids is 1. The van der Waals surface area contributed by atoms with Crippen LogP contribution in [0.2, 0.25) is 0 Å². The van der Waals surface area contributed by atoms with Crippen LogP contribution in [0, 0.1) is 5.92 Å². The lowest BCUT2D eigenvalue weighted by Crippen LogP contribution is -2.26. The largest absolute Gasteiger partial charge is 0.492 e. The Balaban J connectivity index is 1.37. The Morgan fingerprint density at radius 3 is 2.33 bits per heavy atom. The number of carboxylic acids is 1. The maximum absolute atomic E-state index is 12.9. The highest BCUT2D eigenvalue weighted by molar-refractivity contribution is 5.70. The normalized spacial score (nSPS) is 14.0. The Kier molecular flexibility index (Phi) is 8.72. The summed E-state index contributed by atoms with van der Waals surface area (Å²) in [7, 11) is 1.81. The van der Waals surface area contributed by atoms with E-state index in [1.54, 1.807) is 11.9 Å². The molecule has 1 fully saturated rings. The van der Waals surface area contributed by atoms with E-state index < -0.39 is 23.6 Å². The van der Waals surface area contributed by atoms with Gasteiger partial charge in [-0.15, -0.1) is 0 Å². The molecule has 9 nitrogen and oxygen atoms in total. The molecule has 0 bridgehead atoms. The standard InChI is InChI=1S/C27H31F3N6O3/c1-3-18(23(37)38)16-17-4-12-22(13-5-17)39-15-14-36(2)26-34-24(33-25(35-26)32-21-10-11-21)31-20-8-6-19(7-9-20)27(28,29)30/h4-9,12-13,18,21H,3,10-11,14-16H2,1-2H3,(H,37,38)(H2,31,32,33,34,35). The van der Waals surface area contributed by atoms with Gasteiger partial charge in [-0.1, -0.05) is 19.1 Å². The zero-order valence-corrected chi connectivity index (χ0v) is 21.7. The van der Waals surface area contributed by atoms with Gasteiger partial charge in [0, 0.05) is 18.8 Å². The second-order valence-electron chi connectivity index (χ2n) is 9.46. The Morgan fingerprint density at radius 1 is 1.08 bits per heavy atom. The third-order valence-electron chi connectivity index (χ3n) is 6.29. The van der Waals surface area contributed by atoms with Gasteiger partial charge in [0.05, 0.1) is 18.0 Å². The predicted octanol–water partition coefficient (Wildman–Crippen LogP) is 5.38. The molecule has 3 aromatic rings. The second kappa shape index (κ2) is 12.2. The van der Waals surface area contributed by atoms with Gasteiger partial charge in [0.15, 0.2) is 0 Å². The fraction of sp³-hybridized carbons (Fsp3) is 0.407. The summed E-state index contributed by atoms with van der Waals surface area (Å²) in [5.74, 6) is 0.411. The molecule has 1 aliphatic rings. The Bertz CT molecular complexity index is 1250. The lowest BCUT2D eigenvalue weighted by molar-refractivity contribution is -0.141. The van der Waals surface area contributed by atoms with Crippen molar-refractivity contribution in [3.05, 3.63) is 59.7 Å². The van der Waals surface area contributed by atoms with Crippen LogP contribution in [0.5, 0.6) is 5.75 Å². The van der Waals surface area contributed by atoms with Crippen molar-refractivity contribution in [3.8, 4) is 5.75 Å². The first-order valence-corrected chi connectivity index (χ1v) is 12.7. The van der Waals surface area contributed by atoms with E-state index in [0.717, 1.165) is 30.5 Å². The number of nitrogens with one attached hydrogen (secondary N) is 2. The van der Waals surface area contributed by atoms with Crippen molar-refractivity contribution in [2.75, 3.05) is 35.7 Å². The van der Waals surface area contributed by atoms with Crippen LogP contribution in [0.3, 0.4) is 0 Å². The lowest BCUT2D eigenvalue weighted by atomic mass is 9.97. The van der Waals surface area contributed by atoms with Crippen LogP contribution in [0.4, 0.5) is 36.7 Å². The van der Waals surface area contributed by atoms with Crippen LogP contribution < -0.4 is 20.3 Å². The van der Waals surface area contributed by atoms with Gasteiger partial charge in [0.2, 0.25) is 17.8 Å². The van der Waals surface area contributed by atoms with Crippen LogP contribution in [-0.2, 0) is 17.4 Å². The number of aromatic nitrogens is 3. The summed E-state index contributed by atoms with van der Waals surface area (Å²) in [6, 6.07) is 12.3. The number of likely N-dealkylation sites (N-methyl/N-ethyl adjacent to an activating group) is 1. The molecule has 1 aromatic heterocycles. The van der Waals surface area contributed by atoms with Gasteiger partial charge in [-0.3, -0.25) is 4.79 Å². The molecule has 0 spiro atoms. The number of nitrogens with zero attached hydrogens (tertiary/aromatic N) is 4. The highest BCUT2D eigenvalue weighted by Crippen LogP contribution is 2.30. The van der Waals surface area contributed by atoms with Crippen molar-refractivity contribution in [3.63, 3.8) is 0 Å². The van der Waals surface area contributed by atoms with Gasteiger partial charge in [-0.25, -0.2) is 0 Å². The topological polar surface area (TPSA) is 113 Å². The second-order valence-corrected chi connectivity index (χ2v) is 9.46. The smallest absolute Gasteiger partial charge is 0.416 e. The number of ether oxygens (including phenoxy) is 1. The van der Waals surface area contributed by atoms with Gasteiger partial charge in [-0.05, 0) is 67.6 Å². The third kappa shape index (κ3) is 8.20. The Morgan fingerprint density at radius 2 is 1.74 bits per heavy atom. The predicted molar refractivity (Wildman–Crippen MR) is 142 cm³/mol. The van der Waals surface area contributed by atoms with Crippen molar-refractivity contribution in [2.45, 2.75) is 44.8 Å². The molecule has 0 amide bonds. The summed E-state index contributed by atoms with van der Waals surface area (Å²) in [5.41, 5.74) is 0.614. The van der Waals surface area contributed by atoms with E-state index in [1.165, 1.54) is 12.1 Å². The molecule has 1 unspecified atom stereocenters. The molecular formula is C27H31F3N6O3. The summed E-state index contributed by atoms with van der Waals surface area (Å²) in [6.07, 6.45) is -1.35.